The fraction of sp³-hybridized carbons (Fsp3) is 0.0952. The van der Waals surface area contributed by atoms with Crippen LogP contribution in [0.4, 0.5) is 5.69 Å². The standard InChI is InChI=1S/C21H18N4O/c1-15-12-17(16(2)25(15)20-10-6-7-11-23-20)13-18(14-22)21(26)24-19-8-4-3-5-9-19/h3-13H,1-2H3,(H,24,26)/b18-13-. The first-order valence-corrected chi connectivity index (χ1v) is 8.18. The molecular formula is C21H18N4O. The summed E-state index contributed by atoms with van der Waals surface area (Å²) in [6, 6.07) is 18.7. The number of anilines is 1. The Morgan fingerprint density at radius 3 is 2.54 bits per heavy atom. The number of para-hydroxylation sites is 1. The van der Waals surface area contributed by atoms with Crippen molar-refractivity contribution in [2.45, 2.75) is 13.8 Å². The number of aromatic nitrogens is 2. The van der Waals surface area contributed by atoms with Crippen LogP contribution < -0.4 is 5.32 Å². The summed E-state index contributed by atoms with van der Waals surface area (Å²) in [4.78, 5) is 16.8. The number of carbonyl (C=O) groups excluding carboxylic acids is 1. The topological polar surface area (TPSA) is 70.7 Å². The molecule has 1 aromatic carbocycles. The summed E-state index contributed by atoms with van der Waals surface area (Å²) in [5.74, 6) is 0.371. The van der Waals surface area contributed by atoms with Crippen molar-refractivity contribution in [2.24, 2.45) is 0 Å². The van der Waals surface area contributed by atoms with Crippen LogP contribution in [0.3, 0.4) is 0 Å². The van der Waals surface area contributed by atoms with Crippen molar-refractivity contribution in [3.63, 3.8) is 0 Å². The van der Waals surface area contributed by atoms with E-state index in [2.05, 4.69) is 10.3 Å². The predicted molar refractivity (Wildman–Crippen MR) is 102 cm³/mol. The van der Waals surface area contributed by atoms with Crippen LogP contribution in [0.15, 0.2) is 66.4 Å². The van der Waals surface area contributed by atoms with E-state index in [0.29, 0.717) is 5.69 Å². The first-order chi connectivity index (χ1) is 12.6. The smallest absolute Gasteiger partial charge is 0.266 e. The molecule has 0 spiro atoms. The maximum absolute atomic E-state index is 12.4. The van der Waals surface area contributed by atoms with E-state index >= 15 is 0 Å². The second-order valence-corrected chi connectivity index (χ2v) is 5.84. The fourth-order valence-corrected chi connectivity index (χ4v) is 2.80. The van der Waals surface area contributed by atoms with Crippen LogP contribution >= 0.6 is 0 Å². The minimum atomic E-state index is -0.429. The number of amides is 1. The third kappa shape index (κ3) is 3.55. The number of nitriles is 1. The molecule has 3 aromatic rings. The molecule has 1 N–H and O–H groups in total. The van der Waals surface area contributed by atoms with Crippen LogP contribution in [0.25, 0.3) is 11.9 Å². The zero-order valence-corrected chi connectivity index (χ0v) is 14.6. The minimum absolute atomic E-state index is 0.0510. The highest BCUT2D eigenvalue weighted by atomic mass is 16.1. The first-order valence-electron chi connectivity index (χ1n) is 8.18. The molecule has 0 saturated carbocycles. The predicted octanol–water partition coefficient (Wildman–Crippen LogP) is 4.03. The minimum Gasteiger partial charge on any atom is -0.321 e. The van der Waals surface area contributed by atoms with Gasteiger partial charge in [-0.05, 0) is 55.8 Å². The van der Waals surface area contributed by atoms with Gasteiger partial charge in [-0.2, -0.15) is 5.26 Å². The average molecular weight is 342 g/mol. The van der Waals surface area contributed by atoms with E-state index in [1.807, 2.05) is 66.9 Å². The molecule has 5 nitrogen and oxygen atoms in total. The van der Waals surface area contributed by atoms with Gasteiger partial charge in [0.15, 0.2) is 0 Å². The Morgan fingerprint density at radius 2 is 1.88 bits per heavy atom. The van der Waals surface area contributed by atoms with Crippen LogP contribution in [-0.2, 0) is 4.79 Å². The van der Waals surface area contributed by atoms with E-state index in [0.717, 1.165) is 22.8 Å². The zero-order chi connectivity index (χ0) is 18.5. The molecule has 2 aromatic heterocycles. The van der Waals surface area contributed by atoms with E-state index in [4.69, 9.17) is 0 Å². The Bertz CT molecular complexity index is 996. The van der Waals surface area contributed by atoms with Gasteiger partial charge >= 0.3 is 0 Å². The van der Waals surface area contributed by atoms with Gasteiger partial charge < -0.3 is 9.88 Å². The maximum Gasteiger partial charge on any atom is 0.266 e. The summed E-state index contributed by atoms with van der Waals surface area (Å²) in [7, 11) is 0. The third-order valence-electron chi connectivity index (χ3n) is 4.05. The van der Waals surface area contributed by atoms with Crippen molar-refractivity contribution >= 4 is 17.7 Å². The van der Waals surface area contributed by atoms with Gasteiger partial charge in [0, 0.05) is 23.3 Å². The quantitative estimate of drug-likeness (QED) is 0.575. The van der Waals surface area contributed by atoms with E-state index in [1.165, 1.54) is 0 Å². The fourth-order valence-electron chi connectivity index (χ4n) is 2.80. The molecule has 0 unspecified atom stereocenters. The number of hydrogen-bond donors (Lipinski definition) is 1. The van der Waals surface area contributed by atoms with Crippen molar-refractivity contribution in [2.75, 3.05) is 5.32 Å². The Labute approximate surface area is 152 Å². The average Bonchev–Trinajstić information content (AvgIpc) is 2.94. The van der Waals surface area contributed by atoms with Gasteiger partial charge in [-0.3, -0.25) is 4.79 Å². The van der Waals surface area contributed by atoms with Gasteiger partial charge in [-0.25, -0.2) is 4.98 Å². The largest absolute Gasteiger partial charge is 0.321 e. The van der Waals surface area contributed by atoms with Gasteiger partial charge in [-0.15, -0.1) is 0 Å². The van der Waals surface area contributed by atoms with Crippen LogP contribution in [0.1, 0.15) is 17.0 Å². The molecule has 0 atom stereocenters. The molecule has 0 aliphatic carbocycles. The number of nitrogens with one attached hydrogen (secondary N) is 1. The molecule has 0 saturated heterocycles. The summed E-state index contributed by atoms with van der Waals surface area (Å²) < 4.78 is 2.00. The Kier molecular flexibility index (Phi) is 4.95. The maximum atomic E-state index is 12.4. The first kappa shape index (κ1) is 17.2. The summed E-state index contributed by atoms with van der Waals surface area (Å²) in [5.41, 5.74) is 3.41. The molecule has 5 heteroatoms. The van der Waals surface area contributed by atoms with E-state index in [1.54, 1.807) is 24.4 Å². The normalized spacial score (nSPS) is 11.0. The van der Waals surface area contributed by atoms with E-state index in [-0.39, 0.29) is 5.57 Å². The summed E-state index contributed by atoms with van der Waals surface area (Å²) in [6.07, 6.45) is 3.35. The number of aryl methyl sites for hydroxylation is 1. The van der Waals surface area contributed by atoms with Crippen LogP contribution in [0, 0.1) is 25.2 Å². The second-order valence-electron chi connectivity index (χ2n) is 5.84. The van der Waals surface area contributed by atoms with Crippen molar-refractivity contribution in [1.29, 1.82) is 5.26 Å². The molecule has 2 heterocycles. The van der Waals surface area contributed by atoms with Crippen molar-refractivity contribution in [3.8, 4) is 11.9 Å². The molecular weight excluding hydrogens is 324 g/mol. The second kappa shape index (κ2) is 7.49. The summed E-state index contributed by atoms with van der Waals surface area (Å²) in [5, 5.41) is 12.2. The highest BCUT2D eigenvalue weighted by Crippen LogP contribution is 2.22. The summed E-state index contributed by atoms with van der Waals surface area (Å²) >= 11 is 0. The van der Waals surface area contributed by atoms with Crippen molar-refractivity contribution < 1.29 is 4.79 Å². The van der Waals surface area contributed by atoms with Gasteiger partial charge in [0.25, 0.3) is 5.91 Å². The monoisotopic (exact) mass is 342 g/mol. The van der Waals surface area contributed by atoms with Crippen LogP contribution in [0.5, 0.6) is 0 Å². The summed E-state index contributed by atoms with van der Waals surface area (Å²) in [6.45, 7) is 3.91. The van der Waals surface area contributed by atoms with Crippen molar-refractivity contribution in [3.05, 3.63) is 83.3 Å². The van der Waals surface area contributed by atoms with Crippen molar-refractivity contribution in [1.82, 2.24) is 9.55 Å². The van der Waals surface area contributed by atoms with E-state index < -0.39 is 5.91 Å². The lowest BCUT2D eigenvalue weighted by Gasteiger charge is -2.08. The molecule has 0 aliphatic rings. The molecule has 26 heavy (non-hydrogen) atoms. The molecule has 1 amide bonds. The highest BCUT2D eigenvalue weighted by molar-refractivity contribution is 6.09. The number of hydrogen-bond acceptors (Lipinski definition) is 3. The number of pyridine rings is 1. The lowest BCUT2D eigenvalue weighted by atomic mass is 10.1. The van der Waals surface area contributed by atoms with Gasteiger partial charge in [0.1, 0.15) is 17.5 Å². The number of carbonyl (C=O) groups is 1. The van der Waals surface area contributed by atoms with E-state index in [9.17, 15) is 10.1 Å². The highest BCUT2D eigenvalue weighted by Gasteiger charge is 2.14. The number of benzene rings is 1. The Balaban J connectivity index is 1.93. The van der Waals surface area contributed by atoms with Gasteiger partial charge in [0.05, 0.1) is 0 Å². The van der Waals surface area contributed by atoms with Gasteiger partial charge in [-0.1, -0.05) is 24.3 Å². The molecule has 3 rings (SSSR count). The lowest BCUT2D eigenvalue weighted by molar-refractivity contribution is -0.112. The van der Waals surface area contributed by atoms with Crippen LogP contribution in [-0.4, -0.2) is 15.5 Å². The zero-order valence-electron chi connectivity index (χ0n) is 14.6. The SMILES string of the molecule is Cc1cc(/C=C(/C#N)C(=O)Nc2ccccc2)c(C)n1-c1ccccn1. The number of nitrogens with zero attached hydrogens (tertiary/aromatic N) is 3. The Hall–Kier alpha value is -3.65. The van der Waals surface area contributed by atoms with Crippen LogP contribution in [0.2, 0.25) is 0 Å². The molecule has 0 radical (unpaired) electrons. The molecule has 0 bridgehead atoms. The lowest BCUT2D eigenvalue weighted by Crippen LogP contribution is -2.13. The molecule has 128 valence electrons. The van der Waals surface area contributed by atoms with Gasteiger partial charge in [0.2, 0.25) is 0 Å². The number of rotatable bonds is 4. The molecule has 0 fully saturated rings. The Morgan fingerprint density at radius 1 is 1.15 bits per heavy atom. The molecule has 0 aliphatic heterocycles. The third-order valence-corrected chi connectivity index (χ3v) is 4.05.